The first kappa shape index (κ1) is 9.19. The molecule has 1 aromatic heterocycles. The van der Waals surface area contributed by atoms with Crippen LogP contribution in [-0.4, -0.2) is 10.8 Å². The van der Waals surface area contributed by atoms with Crippen molar-refractivity contribution in [3.05, 3.63) is 53.6 Å². The molecule has 0 spiro atoms. The number of hydrogen-bond donors (Lipinski definition) is 0. The molecule has 0 bridgehead atoms. The first-order valence-corrected chi connectivity index (χ1v) is 3.82. The molecule has 0 aliphatic carbocycles. The monoisotopic (exact) mass is 174 g/mol. The molecule has 0 saturated carbocycles. The van der Waals surface area contributed by atoms with Crippen LogP contribution in [0.15, 0.2) is 53.0 Å². The Hall–Kier alpha value is -1.90. The summed E-state index contributed by atoms with van der Waals surface area (Å²) in [5, 5.41) is 0. The molecular weight excluding hydrogens is 164 g/mol. The molecular formula is C10H10N2O. The minimum atomic E-state index is -0.0641. The van der Waals surface area contributed by atoms with Crippen molar-refractivity contribution in [2.75, 3.05) is 0 Å². The van der Waals surface area contributed by atoms with Crippen LogP contribution in [0.1, 0.15) is 0 Å². The SMILES string of the molecule is C=CN=C/C=C/n1ccccc1=O. The van der Waals surface area contributed by atoms with Gasteiger partial charge in [0, 0.05) is 30.9 Å². The van der Waals surface area contributed by atoms with E-state index in [0.717, 1.165) is 0 Å². The first-order valence-electron chi connectivity index (χ1n) is 3.82. The van der Waals surface area contributed by atoms with Gasteiger partial charge in [-0.25, -0.2) is 0 Å². The van der Waals surface area contributed by atoms with Gasteiger partial charge in [0.2, 0.25) is 0 Å². The van der Waals surface area contributed by atoms with E-state index in [4.69, 9.17) is 0 Å². The quantitative estimate of drug-likeness (QED) is 0.640. The smallest absolute Gasteiger partial charge is 0.254 e. The summed E-state index contributed by atoms with van der Waals surface area (Å²) < 4.78 is 1.47. The second kappa shape index (κ2) is 4.87. The van der Waals surface area contributed by atoms with Crippen LogP contribution in [0.3, 0.4) is 0 Å². The van der Waals surface area contributed by atoms with Crippen molar-refractivity contribution in [3.8, 4) is 0 Å². The van der Waals surface area contributed by atoms with Crippen LogP contribution in [0.5, 0.6) is 0 Å². The Morgan fingerprint density at radius 1 is 1.46 bits per heavy atom. The van der Waals surface area contributed by atoms with E-state index in [0.29, 0.717) is 0 Å². The molecule has 0 fully saturated rings. The van der Waals surface area contributed by atoms with Gasteiger partial charge in [-0.15, -0.1) is 0 Å². The molecule has 13 heavy (non-hydrogen) atoms. The van der Waals surface area contributed by atoms with Crippen LogP contribution in [0.4, 0.5) is 0 Å². The van der Waals surface area contributed by atoms with Crippen molar-refractivity contribution < 1.29 is 0 Å². The molecule has 0 atom stereocenters. The van der Waals surface area contributed by atoms with E-state index < -0.39 is 0 Å². The Morgan fingerprint density at radius 3 is 3.00 bits per heavy atom. The number of aliphatic imine (C=N–C) groups is 1. The van der Waals surface area contributed by atoms with Crippen LogP contribution < -0.4 is 5.56 Å². The Kier molecular flexibility index (Phi) is 3.45. The van der Waals surface area contributed by atoms with Crippen LogP contribution in [0.2, 0.25) is 0 Å². The number of nitrogens with zero attached hydrogens (tertiary/aromatic N) is 2. The third kappa shape index (κ3) is 2.91. The highest BCUT2D eigenvalue weighted by Gasteiger charge is 1.84. The molecule has 0 saturated heterocycles. The maximum absolute atomic E-state index is 11.1. The highest BCUT2D eigenvalue weighted by atomic mass is 16.1. The predicted molar refractivity (Wildman–Crippen MR) is 54.7 cm³/mol. The zero-order valence-electron chi connectivity index (χ0n) is 7.13. The molecule has 0 radical (unpaired) electrons. The van der Waals surface area contributed by atoms with Gasteiger partial charge in [-0.3, -0.25) is 14.4 Å². The minimum Gasteiger partial charge on any atom is -0.291 e. The molecule has 0 amide bonds. The van der Waals surface area contributed by atoms with Gasteiger partial charge in [0.15, 0.2) is 0 Å². The average Bonchev–Trinajstić information content (AvgIpc) is 2.15. The standard InChI is InChI=1S/C10H10N2O/c1-2-11-7-5-9-12-8-4-3-6-10(12)13/h2-9H,1H2/b9-5+,11-7?. The number of allylic oxidation sites excluding steroid dienone is 1. The number of hydrogen-bond acceptors (Lipinski definition) is 2. The molecule has 0 unspecified atom stereocenters. The summed E-state index contributed by atoms with van der Waals surface area (Å²) in [5.41, 5.74) is -0.0641. The maximum Gasteiger partial charge on any atom is 0.254 e. The molecule has 1 rings (SSSR count). The third-order valence-electron chi connectivity index (χ3n) is 1.38. The summed E-state index contributed by atoms with van der Waals surface area (Å²) in [6.07, 6.45) is 7.98. The summed E-state index contributed by atoms with van der Waals surface area (Å²) in [6, 6.07) is 4.98. The highest BCUT2D eigenvalue weighted by molar-refractivity contribution is 5.75. The van der Waals surface area contributed by atoms with Crippen molar-refractivity contribution in [2.45, 2.75) is 0 Å². The van der Waals surface area contributed by atoms with Crippen LogP contribution in [-0.2, 0) is 0 Å². The molecule has 0 aliphatic heterocycles. The van der Waals surface area contributed by atoms with Crippen molar-refractivity contribution in [1.82, 2.24) is 4.57 Å². The summed E-state index contributed by atoms with van der Waals surface area (Å²) >= 11 is 0. The summed E-state index contributed by atoms with van der Waals surface area (Å²) in [6.45, 7) is 3.42. The van der Waals surface area contributed by atoms with Gasteiger partial charge in [-0.1, -0.05) is 12.6 Å². The van der Waals surface area contributed by atoms with Crippen molar-refractivity contribution in [3.63, 3.8) is 0 Å². The Balaban J connectivity index is 2.80. The van der Waals surface area contributed by atoms with Gasteiger partial charge >= 0.3 is 0 Å². The second-order valence-corrected chi connectivity index (χ2v) is 2.27. The highest BCUT2D eigenvalue weighted by Crippen LogP contribution is 1.82. The number of aromatic nitrogens is 1. The van der Waals surface area contributed by atoms with Gasteiger partial charge in [-0.2, -0.15) is 0 Å². The van der Waals surface area contributed by atoms with Crippen molar-refractivity contribution in [1.29, 1.82) is 0 Å². The average molecular weight is 174 g/mol. The minimum absolute atomic E-state index is 0.0641. The fourth-order valence-electron chi connectivity index (χ4n) is 0.805. The molecule has 0 aliphatic rings. The van der Waals surface area contributed by atoms with Gasteiger partial charge in [0.05, 0.1) is 0 Å². The number of pyridine rings is 1. The zero-order chi connectivity index (χ0) is 9.52. The topological polar surface area (TPSA) is 34.4 Å². The van der Waals surface area contributed by atoms with Gasteiger partial charge in [0.1, 0.15) is 0 Å². The molecule has 1 aromatic rings. The number of rotatable bonds is 3. The fourth-order valence-corrected chi connectivity index (χ4v) is 0.805. The molecule has 3 heteroatoms. The van der Waals surface area contributed by atoms with Gasteiger partial charge in [-0.05, 0) is 12.1 Å². The lowest BCUT2D eigenvalue weighted by Crippen LogP contribution is -2.11. The van der Waals surface area contributed by atoms with Gasteiger partial charge in [0.25, 0.3) is 5.56 Å². The summed E-state index contributed by atoms with van der Waals surface area (Å²) in [5.74, 6) is 0. The van der Waals surface area contributed by atoms with Crippen molar-refractivity contribution in [2.24, 2.45) is 4.99 Å². The third-order valence-corrected chi connectivity index (χ3v) is 1.38. The van der Waals surface area contributed by atoms with E-state index in [1.54, 1.807) is 36.8 Å². The van der Waals surface area contributed by atoms with E-state index in [2.05, 4.69) is 11.6 Å². The van der Waals surface area contributed by atoms with Crippen LogP contribution in [0, 0.1) is 0 Å². The predicted octanol–water partition coefficient (Wildman–Crippen LogP) is 1.53. The molecule has 66 valence electrons. The van der Waals surface area contributed by atoms with E-state index in [9.17, 15) is 4.79 Å². The Morgan fingerprint density at radius 2 is 2.31 bits per heavy atom. The van der Waals surface area contributed by atoms with E-state index in [1.807, 2.05) is 0 Å². The lowest BCUT2D eigenvalue weighted by Gasteiger charge is -1.93. The summed E-state index contributed by atoms with van der Waals surface area (Å²) in [7, 11) is 0. The Bertz CT molecular complexity index is 388. The fraction of sp³-hybridized carbons (Fsp3) is 0. The van der Waals surface area contributed by atoms with E-state index in [-0.39, 0.29) is 5.56 Å². The summed E-state index contributed by atoms with van der Waals surface area (Å²) in [4.78, 5) is 14.9. The van der Waals surface area contributed by atoms with Crippen LogP contribution >= 0.6 is 0 Å². The largest absolute Gasteiger partial charge is 0.291 e. The van der Waals surface area contributed by atoms with E-state index in [1.165, 1.54) is 16.8 Å². The first-order chi connectivity index (χ1) is 6.34. The molecule has 0 aromatic carbocycles. The zero-order valence-corrected chi connectivity index (χ0v) is 7.13. The molecule has 1 heterocycles. The maximum atomic E-state index is 11.1. The molecule has 0 N–H and O–H groups in total. The Labute approximate surface area is 76.4 Å². The normalized spacial score (nSPS) is 11.1. The van der Waals surface area contributed by atoms with Crippen LogP contribution in [0.25, 0.3) is 6.20 Å². The van der Waals surface area contributed by atoms with Gasteiger partial charge < -0.3 is 0 Å². The van der Waals surface area contributed by atoms with E-state index >= 15 is 0 Å². The molecule has 3 nitrogen and oxygen atoms in total. The lowest BCUT2D eigenvalue weighted by molar-refractivity contribution is 1.06. The van der Waals surface area contributed by atoms with Crippen molar-refractivity contribution >= 4 is 12.4 Å². The lowest BCUT2D eigenvalue weighted by atomic mass is 10.5. The second-order valence-electron chi connectivity index (χ2n) is 2.27.